The minimum atomic E-state index is -0.523. The standard InChI is InChI=1S/C13H20N4O2/c1-4-17(8-12(18)16(2)3)11-6-5-9(13(15)19)7-10(11)14/h5-7H,4,8,14H2,1-3H3,(H2,15,19). The van der Waals surface area contributed by atoms with Crippen molar-refractivity contribution in [1.29, 1.82) is 0 Å². The minimum absolute atomic E-state index is 0.0137. The molecule has 0 atom stereocenters. The van der Waals surface area contributed by atoms with Crippen molar-refractivity contribution in [3.63, 3.8) is 0 Å². The van der Waals surface area contributed by atoms with Crippen molar-refractivity contribution in [3.8, 4) is 0 Å². The molecule has 0 aromatic heterocycles. The summed E-state index contributed by atoms with van der Waals surface area (Å²) in [4.78, 5) is 26.2. The van der Waals surface area contributed by atoms with Crippen LogP contribution in [0.15, 0.2) is 18.2 Å². The molecule has 0 aliphatic heterocycles. The second-order valence-electron chi connectivity index (χ2n) is 4.44. The smallest absolute Gasteiger partial charge is 0.248 e. The maximum atomic E-state index is 11.7. The monoisotopic (exact) mass is 264 g/mol. The number of hydrogen-bond donors (Lipinski definition) is 2. The van der Waals surface area contributed by atoms with Crippen LogP contribution in [0, 0.1) is 0 Å². The molecular formula is C13H20N4O2. The number of anilines is 2. The first-order valence-corrected chi connectivity index (χ1v) is 6.01. The molecular weight excluding hydrogens is 244 g/mol. The summed E-state index contributed by atoms with van der Waals surface area (Å²) in [6, 6.07) is 4.85. The molecule has 6 heteroatoms. The predicted octanol–water partition coefficient (Wildman–Crippen LogP) is 0.282. The van der Waals surface area contributed by atoms with Gasteiger partial charge in [-0.05, 0) is 25.1 Å². The molecule has 6 nitrogen and oxygen atoms in total. The van der Waals surface area contributed by atoms with Gasteiger partial charge in [-0.1, -0.05) is 0 Å². The maximum Gasteiger partial charge on any atom is 0.248 e. The summed E-state index contributed by atoms with van der Waals surface area (Å²) in [7, 11) is 3.41. The van der Waals surface area contributed by atoms with Gasteiger partial charge in [0.05, 0.1) is 17.9 Å². The molecule has 0 saturated heterocycles. The number of primary amides is 1. The molecule has 0 radical (unpaired) electrons. The van der Waals surface area contributed by atoms with Gasteiger partial charge in [-0.15, -0.1) is 0 Å². The summed E-state index contributed by atoms with van der Waals surface area (Å²) >= 11 is 0. The lowest BCUT2D eigenvalue weighted by Gasteiger charge is -2.25. The normalized spacial score (nSPS) is 10.1. The zero-order chi connectivity index (χ0) is 14.6. The van der Waals surface area contributed by atoms with E-state index in [-0.39, 0.29) is 12.5 Å². The number of likely N-dealkylation sites (N-methyl/N-ethyl adjacent to an activating group) is 2. The van der Waals surface area contributed by atoms with Crippen LogP contribution in [-0.2, 0) is 4.79 Å². The van der Waals surface area contributed by atoms with Crippen molar-refractivity contribution in [3.05, 3.63) is 23.8 Å². The lowest BCUT2D eigenvalue weighted by atomic mass is 10.1. The summed E-state index contributed by atoms with van der Waals surface area (Å²) in [6.45, 7) is 2.81. The fourth-order valence-corrected chi connectivity index (χ4v) is 1.67. The molecule has 0 aliphatic rings. The van der Waals surface area contributed by atoms with Gasteiger partial charge in [0.15, 0.2) is 0 Å². The molecule has 0 bridgehead atoms. The molecule has 1 aromatic carbocycles. The van der Waals surface area contributed by atoms with Crippen LogP contribution >= 0.6 is 0 Å². The summed E-state index contributed by atoms with van der Waals surface area (Å²) in [5, 5.41) is 0. The van der Waals surface area contributed by atoms with Gasteiger partial charge in [0.2, 0.25) is 11.8 Å². The lowest BCUT2D eigenvalue weighted by molar-refractivity contribution is -0.127. The Bertz CT molecular complexity index is 486. The van der Waals surface area contributed by atoms with E-state index < -0.39 is 5.91 Å². The fraction of sp³-hybridized carbons (Fsp3) is 0.385. The molecule has 4 N–H and O–H groups in total. The van der Waals surface area contributed by atoms with Crippen LogP contribution in [0.4, 0.5) is 11.4 Å². The van der Waals surface area contributed by atoms with E-state index in [0.29, 0.717) is 17.8 Å². The molecule has 104 valence electrons. The zero-order valence-corrected chi connectivity index (χ0v) is 11.5. The van der Waals surface area contributed by atoms with Crippen LogP contribution in [-0.4, -0.2) is 43.9 Å². The van der Waals surface area contributed by atoms with Gasteiger partial charge in [0.1, 0.15) is 0 Å². The molecule has 0 spiro atoms. The molecule has 0 saturated carbocycles. The maximum absolute atomic E-state index is 11.7. The molecule has 0 fully saturated rings. The highest BCUT2D eigenvalue weighted by Gasteiger charge is 2.14. The van der Waals surface area contributed by atoms with Crippen LogP contribution in [0.3, 0.4) is 0 Å². The summed E-state index contributed by atoms with van der Waals surface area (Å²) in [5.74, 6) is -0.536. The Morgan fingerprint density at radius 3 is 2.32 bits per heavy atom. The quantitative estimate of drug-likeness (QED) is 0.747. The second-order valence-corrected chi connectivity index (χ2v) is 4.44. The van der Waals surface area contributed by atoms with Crippen molar-refractivity contribution >= 4 is 23.2 Å². The highest BCUT2D eigenvalue weighted by atomic mass is 16.2. The van der Waals surface area contributed by atoms with E-state index >= 15 is 0 Å². The Balaban J connectivity index is 2.99. The third-order valence-corrected chi connectivity index (χ3v) is 2.86. The van der Waals surface area contributed by atoms with Crippen molar-refractivity contribution in [2.75, 3.05) is 37.8 Å². The number of nitrogen functional groups attached to an aromatic ring is 1. The lowest BCUT2D eigenvalue weighted by Crippen LogP contribution is -2.37. The van der Waals surface area contributed by atoms with E-state index in [1.165, 1.54) is 11.0 Å². The van der Waals surface area contributed by atoms with Gasteiger partial charge in [-0.3, -0.25) is 9.59 Å². The van der Waals surface area contributed by atoms with E-state index in [0.717, 1.165) is 5.69 Å². The largest absolute Gasteiger partial charge is 0.397 e. The van der Waals surface area contributed by atoms with Gasteiger partial charge in [-0.25, -0.2) is 0 Å². The number of rotatable bonds is 5. The van der Waals surface area contributed by atoms with Crippen LogP contribution < -0.4 is 16.4 Å². The molecule has 1 rings (SSSR count). The number of carbonyl (C=O) groups is 2. The number of nitrogens with two attached hydrogens (primary N) is 2. The molecule has 2 amide bonds. The summed E-state index contributed by atoms with van der Waals surface area (Å²) < 4.78 is 0. The topological polar surface area (TPSA) is 92.7 Å². The number of carbonyl (C=O) groups excluding carboxylic acids is 2. The van der Waals surface area contributed by atoms with Gasteiger partial charge >= 0.3 is 0 Å². The third kappa shape index (κ3) is 3.61. The molecule has 0 unspecified atom stereocenters. The van der Waals surface area contributed by atoms with Crippen LogP contribution in [0.5, 0.6) is 0 Å². The summed E-state index contributed by atoms with van der Waals surface area (Å²) in [6.07, 6.45) is 0. The van der Waals surface area contributed by atoms with E-state index in [1.807, 2.05) is 11.8 Å². The second kappa shape index (κ2) is 6.08. The molecule has 19 heavy (non-hydrogen) atoms. The first kappa shape index (κ1) is 14.8. The highest BCUT2D eigenvalue weighted by Crippen LogP contribution is 2.24. The van der Waals surface area contributed by atoms with Crippen molar-refractivity contribution in [2.45, 2.75) is 6.92 Å². The van der Waals surface area contributed by atoms with Gasteiger partial charge in [0, 0.05) is 26.2 Å². The minimum Gasteiger partial charge on any atom is -0.397 e. The van der Waals surface area contributed by atoms with Gasteiger partial charge in [-0.2, -0.15) is 0 Å². The van der Waals surface area contributed by atoms with E-state index in [2.05, 4.69) is 0 Å². The van der Waals surface area contributed by atoms with Gasteiger partial charge in [0.25, 0.3) is 0 Å². The van der Waals surface area contributed by atoms with E-state index in [4.69, 9.17) is 11.5 Å². The SMILES string of the molecule is CCN(CC(=O)N(C)C)c1ccc(C(N)=O)cc1N. The number of amides is 2. The number of benzene rings is 1. The van der Waals surface area contributed by atoms with Crippen LogP contribution in [0.1, 0.15) is 17.3 Å². The molecule has 0 aliphatic carbocycles. The number of hydrogen-bond acceptors (Lipinski definition) is 4. The first-order chi connectivity index (χ1) is 8.86. The van der Waals surface area contributed by atoms with Crippen LogP contribution in [0.25, 0.3) is 0 Å². The van der Waals surface area contributed by atoms with Crippen LogP contribution in [0.2, 0.25) is 0 Å². The first-order valence-electron chi connectivity index (χ1n) is 6.01. The average molecular weight is 264 g/mol. The highest BCUT2D eigenvalue weighted by molar-refractivity contribution is 5.95. The Kier molecular flexibility index (Phi) is 4.74. The predicted molar refractivity (Wildman–Crippen MR) is 76.0 cm³/mol. The van der Waals surface area contributed by atoms with Crippen molar-refractivity contribution in [1.82, 2.24) is 4.90 Å². The molecule has 1 aromatic rings. The Hall–Kier alpha value is -2.24. The third-order valence-electron chi connectivity index (χ3n) is 2.86. The van der Waals surface area contributed by atoms with E-state index in [1.54, 1.807) is 26.2 Å². The average Bonchev–Trinajstić information content (AvgIpc) is 2.35. The Labute approximate surface area is 113 Å². The number of nitrogens with zero attached hydrogens (tertiary/aromatic N) is 2. The fourth-order valence-electron chi connectivity index (χ4n) is 1.67. The molecule has 0 heterocycles. The van der Waals surface area contributed by atoms with Crippen molar-refractivity contribution < 1.29 is 9.59 Å². The van der Waals surface area contributed by atoms with E-state index in [9.17, 15) is 9.59 Å². The van der Waals surface area contributed by atoms with Gasteiger partial charge < -0.3 is 21.3 Å². The van der Waals surface area contributed by atoms with Crippen molar-refractivity contribution in [2.24, 2.45) is 5.73 Å². The summed E-state index contributed by atoms with van der Waals surface area (Å²) in [5.41, 5.74) is 12.6. The zero-order valence-electron chi connectivity index (χ0n) is 11.5. The Morgan fingerprint density at radius 1 is 1.26 bits per heavy atom. The Morgan fingerprint density at radius 2 is 1.89 bits per heavy atom.